The summed E-state index contributed by atoms with van der Waals surface area (Å²) in [6.07, 6.45) is 2.84. The normalized spacial score (nSPS) is 11.5. The van der Waals surface area contributed by atoms with Gasteiger partial charge in [0.05, 0.1) is 30.9 Å². The van der Waals surface area contributed by atoms with Gasteiger partial charge in [0.25, 0.3) is 5.91 Å². The molecule has 5 N–H and O–H groups in total. The zero-order valence-corrected chi connectivity index (χ0v) is 20.8. The molecule has 4 rings (SSSR count). The van der Waals surface area contributed by atoms with E-state index in [9.17, 15) is 13.4 Å². The summed E-state index contributed by atoms with van der Waals surface area (Å²) in [5.74, 6) is 0.481. The van der Waals surface area contributed by atoms with Gasteiger partial charge >= 0.3 is 0 Å². The van der Waals surface area contributed by atoms with E-state index in [1.807, 2.05) is 0 Å². The van der Waals surface area contributed by atoms with Gasteiger partial charge in [-0.15, -0.1) is 0 Å². The lowest BCUT2D eigenvalue weighted by Gasteiger charge is -2.14. The predicted octanol–water partition coefficient (Wildman–Crippen LogP) is 3.53. The third kappa shape index (κ3) is 6.19. The number of anilines is 3. The lowest BCUT2D eigenvalue weighted by atomic mass is 10.1. The van der Waals surface area contributed by atoms with Crippen LogP contribution in [0.15, 0.2) is 54.9 Å². The molecule has 2 aromatic heterocycles. The van der Waals surface area contributed by atoms with Crippen LogP contribution in [-0.2, 0) is 17.6 Å². The predicted molar refractivity (Wildman–Crippen MR) is 137 cm³/mol. The number of amides is 1. The minimum Gasteiger partial charge on any atom is -0.487 e. The van der Waals surface area contributed by atoms with E-state index in [4.69, 9.17) is 15.2 Å². The van der Waals surface area contributed by atoms with Gasteiger partial charge in [0.15, 0.2) is 5.82 Å². The molecule has 0 spiro atoms. The molecule has 37 heavy (non-hydrogen) atoms. The number of rotatable bonds is 11. The summed E-state index contributed by atoms with van der Waals surface area (Å²) in [5, 5.41) is 9.94. The van der Waals surface area contributed by atoms with Crippen molar-refractivity contribution in [2.75, 3.05) is 22.9 Å². The maximum atomic E-state index is 13.3. The number of primary amides is 1. The number of hydrogen-bond donors (Lipinski definition) is 4. The Labute approximate surface area is 214 Å². The Morgan fingerprint density at radius 2 is 1.95 bits per heavy atom. The maximum Gasteiger partial charge on any atom is 0.254 e. The topological polar surface area (TPSA) is 157 Å². The molecule has 192 valence electrons. The van der Waals surface area contributed by atoms with Crippen molar-refractivity contribution >= 4 is 34.2 Å². The summed E-state index contributed by atoms with van der Waals surface area (Å²) in [6, 6.07) is 10.9. The molecule has 1 unspecified atom stereocenters. The van der Waals surface area contributed by atoms with Crippen molar-refractivity contribution < 1.29 is 22.9 Å². The highest BCUT2D eigenvalue weighted by Crippen LogP contribution is 2.34. The standard InChI is InChI=1S/C24H24FN7O4S/c1-3-37(34)32-17-9-6-15(10-18(17)36-13-14-4-7-16(25)8-5-14)22-21(23(26)33)24(31-30-22)29-19-11-28-20(35-2)12-27-19/h4-12,32H,3,13H2,1-2H3,(H2,26,33)(H2,27,29,30,31). The largest absolute Gasteiger partial charge is 0.487 e. The van der Waals surface area contributed by atoms with Crippen molar-refractivity contribution in [1.82, 2.24) is 20.2 Å². The first-order chi connectivity index (χ1) is 17.9. The number of nitrogens with two attached hydrogens (primary N) is 1. The van der Waals surface area contributed by atoms with Crippen LogP contribution in [0.2, 0.25) is 0 Å². The van der Waals surface area contributed by atoms with Gasteiger partial charge in [-0.3, -0.25) is 9.89 Å². The van der Waals surface area contributed by atoms with Crippen LogP contribution in [0.4, 0.5) is 21.7 Å². The van der Waals surface area contributed by atoms with Crippen molar-refractivity contribution in [3.05, 3.63) is 71.8 Å². The molecule has 0 aliphatic rings. The Morgan fingerprint density at radius 1 is 1.16 bits per heavy atom. The van der Waals surface area contributed by atoms with E-state index in [0.717, 1.165) is 5.56 Å². The number of carbonyl (C=O) groups excluding carboxylic acids is 1. The second kappa shape index (κ2) is 11.5. The first-order valence-electron chi connectivity index (χ1n) is 11.1. The molecule has 1 atom stereocenters. The molecular formula is C24H24FN7O4S. The molecule has 13 heteroatoms. The van der Waals surface area contributed by atoms with Crippen LogP contribution in [0.5, 0.6) is 11.6 Å². The maximum absolute atomic E-state index is 13.3. The number of nitrogens with one attached hydrogen (secondary N) is 3. The van der Waals surface area contributed by atoms with E-state index in [1.54, 1.807) is 37.3 Å². The van der Waals surface area contributed by atoms with Crippen LogP contribution >= 0.6 is 0 Å². The second-order valence-corrected chi connectivity index (χ2v) is 9.09. The number of methoxy groups -OCH3 is 1. The summed E-state index contributed by atoms with van der Waals surface area (Å²) < 4.78 is 39.3. The van der Waals surface area contributed by atoms with E-state index in [1.165, 1.54) is 31.6 Å². The number of hydrogen-bond acceptors (Lipinski definition) is 8. The summed E-state index contributed by atoms with van der Waals surface area (Å²) in [4.78, 5) is 20.6. The SMILES string of the molecule is CCS(=O)Nc1ccc(-c2[nH]nc(Nc3cnc(OC)cn3)c2C(N)=O)cc1OCc1ccc(F)cc1. The van der Waals surface area contributed by atoms with Gasteiger partial charge in [-0.2, -0.15) is 5.10 Å². The fraction of sp³-hybridized carbons (Fsp3) is 0.167. The molecule has 0 radical (unpaired) electrons. The third-order valence-electron chi connectivity index (χ3n) is 5.16. The average Bonchev–Trinajstić information content (AvgIpc) is 3.33. The highest BCUT2D eigenvalue weighted by atomic mass is 32.2. The van der Waals surface area contributed by atoms with Gasteiger partial charge in [-0.05, 0) is 29.8 Å². The van der Waals surface area contributed by atoms with Gasteiger partial charge < -0.3 is 25.2 Å². The lowest BCUT2D eigenvalue weighted by molar-refractivity contribution is 0.100. The van der Waals surface area contributed by atoms with E-state index in [-0.39, 0.29) is 23.8 Å². The van der Waals surface area contributed by atoms with Gasteiger partial charge in [-0.1, -0.05) is 25.1 Å². The minimum absolute atomic E-state index is 0.0972. The van der Waals surface area contributed by atoms with Gasteiger partial charge in [0.2, 0.25) is 5.88 Å². The van der Waals surface area contributed by atoms with Crippen LogP contribution in [0.25, 0.3) is 11.3 Å². The average molecular weight is 526 g/mol. The number of H-pyrrole nitrogens is 1. The van der Waals surface area contributed by atoms with Crippen molar-refractivity contribution in [3.8, 4) is 22.9 Å². The van der Waals surface area contributed by atoms with Crippen LogP contribution in [0.1, 0.15) is 22.8 Å². The summed E-state index contributed by atoms with van der Waals surface area (Å²) in [6.45, 7) is 1.91. The van der Waals surface area contributed by atoms with Crippen LogP contribution in [-0.4, -0.2) is 43.1 Å². The molecule has 0 saturated heterocycles. The second-order valence-electron chi connectivity index (χ2n) is 7.62. The Kier molecular flexibility index (Phi) is 7.93. The Bertz CT molecular complexity index is 1410. The monoisotopic (exact) mass is 525 g/mol. The zero-order valence-electron chi connectivity index (χ0n) is 19.9. The molecule has 0 aliphatic carbocycles. The first kappa shape index (κ1) is 25.6. The van der Waals surface area contributed by atoms with Crippen LogP contribution in [0, 0.1) is 5.82 Å². The van der Waals surface area contributed by atoms with Gasteiger partial charge in [0, 0.05) is 11.3 Å². The number of ether oxygens (including phenoxy) is 2. The van der Waals surface area contributed by atoms with Crippen molar-refractivity contribution in [2.45, 2.75) is 13.5 Å². The van der Waals surface area contributed by atoms with E-state index in [0.29, 0.717) is 40.1 Å². The number of aromatic nitrogens is 4. The molecule has 0 bridgehead atoms. The molecule has 2 heterocycles. The number of nitrogens with zero attached hydrogens (tertiary/aromatic N) is 3. The molecule has 0 fully saturated rings. The Morgan fingerprint density at radius 3 is 2.59 bits per heavy atom. The molecule has 11 nitrogen and oxygen atoms in total. The zero-order chi connectivity index (χ0) is 26.4. The minimum atomic E-state index is -1.33. The highest BCUT2D eigenvalue weighted by molar-refractivity contribution is 7.86. The smallest absolute Gasteiger partial charge is 0.254 e. The molecule has 1 amide bonds. The molecule has 0 saturated carbocycles. The third-order valence-corrected chi connectivity index (χ3v) is 6.13. The molecule has 4 aromatic rings. The number of halogens is 1. The lowest BCUT2D eigenvalue weighted by Crippen LogP contribution is -2.14. The van der Waals surface area contributed by atoms with Crippen molar-refractivity contribution in [3.63, 3.8) is 0 Å². The fourth-order valence-corrected chi connectivity index (χ4v) is 3.87. The Hall–Kier alpha value is -4.52. The first-order valence-corrected chi connectivity index (χ1v) is 12.4. The molecule has 0 aliphatic heterocycles. The van der Waals surface area contributed by atoms with Crippen LogP contribution in [0.3, 0.4) is 0 Å². The highest BCUT2D eigenvalue weighted by Gasteiger charge is 2.21. The number of carbonyl (C=O) groups is 1. The number of benzene rings is 2. The molecule has 2 aromatic carbocycles. The van der Waals surface area contributed by atoms with Crippen molar-refractivity contribution in [1.29, 1.82) is 0 Å². The van der Waals surface area contributed by atoms with Gasteiger partial charge in [0.1, 0.15) is 40.5 Å². The summed E-state index contributed by atoms with van der Waals surface area (Å²) >= 11 is 0. The summed E-state index contributed by atoms with van der Waals surface area (Å²) in [5.41, 5.74) is 7.88. The van der Waals surface area contributed by atoms with Crippen molar-refractivity contribution in [2.24, 2.45) is 5.73 Å². The van der Waals surface area contributed by atoms with E-state index < -0.39 is 16.9 Å². The Balaban J connectivity index is 1.67. The quantitative estimate of drug-likeness (QED) is 0.232. The number of aromatic amines is 1. The van der Waals surface area contributed by atoms with E-state index >= 15 is 0 Å². The fourth-order valence-electron chi connectivity index (χ4n) is 3.31. The summed E-state index contributed by atoms with van der Waals surface area (Å²) in [7, 11) is 0.144. The molecular weight excluding hydrogens is 501 g/mol. The van der Waals surface area contributed by atoms with E-state index in [2.05, 4.69) is 30.2 Å². The van der Waals surface area contributed by atoms with Gasteiger partial charge in [-0.25, -0.2) is 18.6 Å². The van der Waals surface area contributed by atoms with Crippen LogP contribution < -0.4 is 25.2 Å².